The van der Waals surface area contributed by atoms with Crippen molar-refractivity contribution in [3.63, 3.8) is 0 Å². The Bertz CT molecular complexity index is 660. The Hall–Kier alpha value is -2.27. The molecule has 1 aromatic heterocycles. The lowest BCUT2D eigenvalue weighted by molar-refractivity contribution is -0.132. The molecule has 3 rings (SSSR count). The van der Waals surface area contributed by atoms with Crippen LogP contribution in [-0.4, -0.2) is 33.5 Å². The third kappa shape index (κ3) is 3.74. The number of likely N-dealkylation sites (tertiary alicyclic amines) is 1. The molecule has 2 aromatic rings. The zero-order valence-electron chi connectivity index (χ0n) is 12.7. The largest absolute Gasteiger partial charge is 0.391 e. The number of rotatable bonds is 4. The molecule has 0 aliphatic carbocycles. The maximum atomic E-state index is 13.1. The maximum absolute atomic E-state index is 13.1. The molecule has 0 spiro atoms. The second-order valence-electron chi connectivity index (χ2n) is 5.86. The van der Waals surface area contributed by atoms with Crippen molar-refractivity contribution in [3.05, 3.63) is 65.7 Å². The van der Waals surface area contributed by atoms with E-state index in [0.29, 0.717) is 25.8 Å². The molecule has 0 saturated carbocycles. The lowest BCUT2D eigenvalue weighted by Crippen LogP contribution is -2.31. The van der Waals surface area contributed by atoms with E-state index in [1.54, 1.807) is 29.4 Å². The highest BCUT2D eigenvalue weighted by Gasteiger charge is 2.34. The highest BCUT2D eigenvalue weighted by atomic mass is 19.1. The van der Waals surface area contributed by atoms with Gasteiger partial charge in [0.25, 0.3) is 0 Å². The van der Waals surface area contributed by atoms with Gasteiger partial charge in [0.2, 0.25) is 5.91 Å². The number of halogens is 1. The van der Waals surface area contributed by atoms with Gasteiger partial charge in [0.05, 0.1) is 12.1 Å². The third-order valence-electron chi connectivity index (χ3n) is 4.23. The Labute approximate surface area is 134 Å². The summed E-state index contributed by atoms with van der Waals surface area (Å²) in [7, 11) is 0. The minimum Gasteiger partial charge on any atom is -0.391 e. The van der Waals surface area contributed by atoms with E-state index in [1.165, 1.54) is 12.1 Å². The summed E-state index contributed by atoms with van der Waals surface area (Å²) >= 11 is 0. The van der Waals surface area contributed by atoms with Gasteiger partial charge >= 0.3 is 0 Å². The van der Waals surface area contributed by atoms with Crippen LogP contribution in [0.25, 0.3) is 0 Å². The number of aryl methyl sites for hydroxylation is 1. The molecule has 1 aliphatic rings. The van der Waals surface area contributed by atoms with Gasteiger partial charge in [-0.15, -0.1) is 0 Å². The van der Waals surface area contributed by atoms with Gasteiger partial charge in [0.1, 0.15) is 5.82 Å². The molecular formula is C18H19FN2O2. The predicted octanol–water partition coefficient (Wildman–Crippen LogP) is 2.49. The van der Waals surface area contributed by atoms with E-state index >= 15 is 0 Å². The number of β-amino-alcohol motifs (C(OH)–C–C–N with tert-alkyl or cyclic N) is 1. The van der Waals surface area contributed by atoms with Gasteiger partial charge in [-0.25, -0.2) is 4.39 Å². The van der Waals surface area contributed by atoms with Crippen LogP contribution in [0.1, 0.15) is 30.0 Å². The fourth-order valence-corrected chi connectivity index (χ4v) is 3.03. The van der Waals surface area contributed by atoms with Gasteiger partial charge in [0, 0.05) is 25.4 Å². The molecular weight excluding hydrogens is 295 g/mol. The number of hydrogen-bond acceptors (Lipinski definition) is 3. The molecule has 0 radical (unpaired) electrons. The molecule has 2 atom stereocenters. The first-order valence-corrected chi connectivity index (χ1v) is 7.75. The number of pyridine rings is 1. The van der Waals surface area contributed by atoms with E-state index in [9.17, 15) is 14.3 Å². The first-order chi connectivity index (χ1) is 11.1. The minimum atomic E-state index is -0.532. The van der Waals surface area contributed by atoms with Crippen LogP contribution >= 0.6 is 0 Å². The van der Waals surface area contributed by atoms with E-state index in [0.717, 1.165) is 11.1 Å². The van der Waals surface area contributed by atoms with Gasteiger partial charge in [-0.05, 0) is 48.2 Å². The molecule has 23 heavy (non-hydrogen) atoms. The molecule has 1 fully saturated rings. The number of aromatic nitrogens is 1. The van der Waals surface area contributed by atoms with Crippen molar-refractivity contribution in [2.45, 2.75) is 31.4 Å². The average Bonchev–Trinajstić information content (AvgIpc) is 2.96. The van der Waals surface area contributed by atoms with Crippen molar-refractivity contribution < 1.29 is 14.3 Å². The summed E-state index contributed by atoms with van der Waals surface area (Å²) in [4.78, 5) is 18.2. The van der Waals surface area contributed by atoms with Gasteiger partial charge in [-0.2, -0.15) is 0 Å². The Morgan fingerprint density at radius 3 is 2.61 bits per heavy atom. The van der Waals surface area contributed by atoms with Crippen LogP contribution in [0.2, 0.25) is 0 Å². The quantitative estimate of drug-likeness (QED) is 0.943. The highest BCUT2D eigenvalue weighted by Crippen LogP contribution is 2.32. The number of carbonyl (C=O) groups excluding carboxylic acids is 1. The van der Waals surface area contributed by atoms with Gasteiger partial charge in [-0.1, -0.05) is 12.1 Å². The normalized spacial score (nSPS) is 20.7. The molecule has 2 heterocycles. The van der Waals surface area contributed by atoms with Gasteiger partial charge in [0.15, 0.2) is 0 Å². The lowest BCUT2D eigenvalue weighted by Gasteiger charge is -2.25. The monoisotopic (exact) mass is 314 g/mol. The fraction of sp³-hybridized carbons (Fsp3) is 0.333. The van der Waals surface area contributed by atoms with Crippen molar-refractivity contribution in [1.29, 1.82) is 0 Å². The number of benzene rings is 1. The van der Waals surface area contributed by atoms with Crippen molar-refractivity contribution in [2.24, 2.45) is 0 Å². The zero-order valence-corrected chi connectivity index (χ0v) is 12.7. The second-order valence-corrected chi connectivity index (χ2v) is 5.86. The number of aliphatic hydroxyl groups is 1. The molecule has 0 unspecified atom stereocenters. The minimum absolute atomic E-state index is 0.00712. The number of amides is 1. The topological polar surface area (TPSA) is 53.4 Å². The number of nitrogens with zero attached hydrogens (tertiary/aromatic N) is 2. The van der Waals surface area contributed by atoms with Gasteiger partial charge < -0.3 is 10.0 Å². The van der Waals surface area contributed by atoms with Crippen LogP contribution in [0.15, 0.2) is 48.8 Å². The highest BCUT2D eigenvalue weighted by molar-refractivity contribution is 5.77. The van der Waals surface area contributed by atoms with E-state index in [4.69, 9.17) is 0 Å². The Kier molecular flexibility index (Phi) is 4.67. The average molecular weight is 314 g/mol. The van der Waals surface area contributed by atoms with E-state index in [1.807, 2.05) is 12.1 Å². The summed E-state index contributed by atoms with van der Waals surface area (Å²) in [6, 6.07) is 9.74. The van der Waals surface area contributed by atoms with Crippen LogP contribution in [-0.2, 0) is 11.2 Å². The van der Waals surface area contributed by atoms with Gasteiger partial charge in [-0.3, -0.25) is 9.78 Å². The van der Waals surface area contributed by atoms with Crippen LogP contribution in [0.3, 0.4) is 0 Å². The first-order valence-electron chi connectivity index (χ1n) is 7.75. The summed E-state index contributed by atoms with van der Waals surface area (Å²) in [5.41, 5.74) is 1.92. The third-order valence-corrected chi connectivity index (χ3v) is 4.23. The van der Waals surface area contributed by atoms with Crippen LogP contribution in [0.5, 0.6) is 0 Å². The Morgan fingerprint density at radius 1 is 1.22 bits per heavy atom. The smallest absolute Gasteiger partial charge is 0.223 e. The number of aliphatic hydroxyl groups excluding tert-OH is 1. The summed E-state index contributed by atoms with van der Waals surface area (Å²) in [5.74, 6) is -0.296. The second kappa shape index (κ2) is 6.87. The first kappa shape index (κ1) is 15.6. The molecule has 1 amide bonds. The number of hydrogen-bond donors (Lipinski definition) is 1. The molecule has 1 N–H and O–H groups in total. The fourth-order valence-electron chi connectivity index (χ4n) is 3.03. The SMILES string of the molecule is O=C(CCc1ccncc1)N1C[C@H](O)C[C@@H]1c1ccc(F)cc1. The van der Waals surface area contributed by atoms with E-state index < -0.39 is 6.10 Å². The molecule has 5 heteroatoms. The molecule has 1 aliphatic heterocycles. The predicted molar refractivity (Wildman–Crippen MR) is 84.0 cm³/mol. The lowest BCUT2D eigenvalue weighted by atomic mass is 10.0. The van der Waals surface area contributed by atoms with Crippen LogP contribution in [0.4, 0.5) is 4.39 Å². The molecule has 1 aromatic carbocycles. The van der Waals surface area contributed by atoms with Crippen molar-refractivity contribution in [2.75, 3.05) is 6.54 Å². The van der Waals surface area contributed by atoms with Crippen molar-refractivity contribution in [3.8, 4) is 0 Å². The molecule has 120 valence electrons. The number of carbonyl (C=O) groups is 1. The van der Waals surface area contributed by atoms with E-state index in [-0.39, 0.29) is 17.8 Å². The van der Waals surface area contributed by atoms with Crippen LogP contribution in [0, 0.1) is 5.82 Å². The van der Waals surface area contributed by atoms with Crippen molar-refractivity contribution in [1.82, 2.24) is 9.88 Å². The summed E-state index contributed by atoms with van der Waals surface area (Å²) in [5, 5.41) is 9.94. The summed E-state index contributed by atoms with van der Waals surface area (Å²) in [6.07, 6.45) is 4.40. The van der Waals surface area contributed by atoms with E-state index in [2.05, 4.69) is 4.98 Å². The Morgan fingerprint density at radius 2 is 1.91 bits per heavy atom. The summed E-state index contributed by atoms with van der Waals surface area (Å²) in [6.45, 7) is 0.331. The zero-order chi connectivity index (χ0) is 16.2. The standard InChI is InChI=1S/C18H19FN2O2/c19-15-4-2-14(3-5-15)17-11-16(22)12-21(17)18(23)6-1-13-7-9-20-10-8-13/h2-5,7-10,16-17,22H,1,6,11-12H2/t16-,17-/m1/s1. The summed E-state index contributed by atoms with van der Waals surface area (Å²) < 4.78 is 13.1. The van der Waals surface area contributed by atoms with Crippen molar-refractivity contribution >= 4 is 5.91 Å². The Balaban J connectivity index is 1.69. The maximum Gasteiger partial charge on any atom is 0.223 e. The molecule has 4 nitrogen and oxygen atoms in total. The molecule has 1 saturated heterocycles. The van der Waals surface area contributed by atoms with Crippen LogP contribution < -0.4 is 0 Å². The molecule has 0 bridgehead atoms.